The van der Waals surface area contributed by atoms with Crippen LogP contribution in [-0.4, -0.2) is 74.9 Å². The molecule has 0 radical (unpaired) electrons. The van der Waals surface area contributed by atoms with Crippen LogP contribution in [0.1, 0.15) is 35.4 Å². The van der Waals surface area contributed by atoms with Crippen LogP contribution in [0, 0.1) is 5.82 Å². The van der Waals surface area contributed by atoms with Crippen molar-refractivity contribution >= 4 is 39.3 Å². The van der Waals surface area contributed by atoms with Crippen LogP contribution in [0.2, 0.25) is 5.02 Å². The van der Waals surface area contributed by atoms with Crippen molar-refractivity contribution in [2.45, 2.75) is 48.5 Å². The normalized spacial score (nSPS) is 16.3. The van der Waals surface area contributed by atoms with E-state index in [0.717, 1.165) is 25.4 Å². The van der Waals surface area contributed by atoms with Crippen molar-refractivity contribution in [1.29, 1.82) is 0 Å². The molecule has 1 aromatic heterocycles. The van der Waals surface area contributed by atoms with Gasteiger partial charge in [0.25, 0.3) is 0 Å². The van der Waals surface area contributed by atoms with Gasteiger partial charge in [-0.25, -0.2) is 17.6 Å². The number of alkyl carbamates (subject to hydrolysis) is 1. The lowest BCUT2D eigenvalue weighted by atomic mass is 9.84. The second-order valence-electron chi connectivity index (χ2n) is 12.1. The summed E-state index contributed by atoms with van der Waals surface area (Å²) in [5, 5.41) is 8.65. The number of nitrogens with one attached hydrogen (secondary N) is 3. The third-order valence-electron chi connectivity index (χ3n) is 8.63. The summed E-state index contributed by atoms with van der Waals surface area (Å²) in [6, 6.07) is 17.2. The van der Waals surface area contributed by atoms with E-state index in [2.05, 4.69) is 25.7 Å². The number of methoxy groups -OCH3 is 1. The summed E-state index contributed by atoms with van der Waals surface area (Å²) in [5.41, 5.74) is 0.587. The predicted octanol–water partition coefficient (Wildman–Crippen LogP) is 6.25. The molecule has 0 unspecified atom stereocenters. The summed E-state index contributed by atoms with van der Waals surface area (Å²) >= 11 is 6.11. The van der Waals surface area contributed by atoms with E-state index in [4.69, 9.17) is 16.3 Å². The summed E-state index contributed by atoms with van der Waals surface area (Å²) in [5.74, 6) is -3.31. The second-order valence-corrected chi connectivity index (χ2v) is 14.4. The van der Waals surface area contributed by atoms with E-state index < -0.39 is 58.0 Å². The van der Waals surface area contributed by atoms with Crippen molar-refractivity contribution < 1.29 is 45.0 Å². The van der Waals surface area contributed by atoms with Crippen LogP contribution in [-0.2, 0) is 26.0 Å². The topological polar surface area (TPSA) is 139 Å². The number of carbonyl (C=O) groups excluding carboxylic acids is 2. The van der Waals surface area contributed by atoms with Gasteiger partial charge in [0.1, 0.15) is 17.6 Å². The standard InChI is InChI=1S/C36H36ClF4N5O6S/c1-51-35(48)45-33(32(23-13-15-25(37)16-14-23)24-7-5-9-27(19-24)52-36(39,40)41)34(47)44-31-22-43-21-30(38)29(31)12-6-8-26-20-42-17-18-46(26)53(49,50)28-10-3-2-4-11-28/h2-5,7,9-11,13-16,19,21-22,26,32-33,42H,6,8,12,17-18,20H2,1H3,(H,44,47)(H,45,48)/t26-,32-,33-/m0/s1. The first kappa shape index (κ1) is 39.4. The Bertz CT molecular complexity index is 1990. The number of rotatable bonds is 13. The van der Waals surface area contributed by atoms with Crippen molar-refractivity contribution in [2.75, 3.05) is 32.1 Å². The van der Waals surface area contributed by atoms with Crippen LogP contribution in [0.5, 0.6) is 5.75 Å². The number of halogens is 5. The molecule has 0 spiro atoms. The molecule has 4 aromatic rings. The van der Waals surface area contributed by atoms with Gasteiger partial charge >= 0.3 is 12.5 Å². The number of pyridine rings is 1. The lowest BCUT2D eigenvalue weighted by molar-refractivity contribution is -0.274. The van der Waals surface area contributed by atoms with Crippen molar-refractivity contribution in [3.63, 3.8) is 0 Å². The molecule has 53 heavy (non-hydrogen) atoms. The molecular formula is C36H36ClF4N5O6S. The van der Waals surface area contributed by atoms with Crippen LogP contribution < -0.4 is 20.7 Å². The number of carbonyl (C=O) groups is 2. The molecule has 282 valence electrons. The van der Waals surface area contributed by atoms with Gasteiger partial charge in [0.05, 0.1) is 30.1 Å². The number of sulfonamides is 1. The minimum absolute atomic E-state index is 0.0220. The third kappa shape index (κ3) is 10.2. The number of hydrogen-bond acceptors (Lipinski definition) is 8. The van der Waals surface area contributed by atoms with Crippen LogP contribution in [0.25, 0.3) is 0 Å². The molecule has 2 heterocycles. The Kier molecular flexibility index (Phi) is 12.9. The first-order chi connectivity index (χ1) is 25.3. The van der Waals surface area contributed by atoms with Gasteiger partial charge in [-0.05, 0) is 66.8 Å². The molecule has 11 nitrogen and oxygen atoms in total. The Balaban J connectivity index is 1.41. The smallest absolute Gasteiger partial charge is 0.453 e. The zero-order valence-electron chi connectivity index (χ0n) is 28.3. The minimum Gasteiger partial charge on any atom is -0.453 e. The van der Waals surface area contributed by atoms with Crippen LogP contribution >= 0.6 is 11.6 Å². The van der Waals surface area contributed by atoms with Gasteiger partial charge in [0.15, 0.2) is 0 Å². The largest absolute Gasteiger partial charge is 0.573 e. The predicted molar refractivity (Wildman–Crippen MR) is 189 cm³/mol. The van der Waals surface area contributed by atoms with E-state index in [1.54, 1.807) is 30.3 Å². The molecule has 0 aliphatic carbocycles. The fraction of sp³-hybridized carbons (Fsp3) is 0.306. The molecule has 3 atom stereocenters. The highest BCUT2D eigenvalue weighted by molar-refractivity contribution is 7.89. The SMILES string of the molecule is COC(=O)N[C@H](C(=O)Nc1cncc(F)c1CCC[C@H]1CNCCN1S(=O)(=O)c1ccccc1)[C@@H](c1ccc(Cl)cc1)c1cccc(OC(F)(F)F)c1. The molecule has 3 aromatic carbocycles. The maximum atomic E-state index is 15.4. The Morgan fingerprint density at radius 2 is 1.77 bits per heavy atom. The average molecular weight is 778 g/mol. The number of alkyl halides is 3. The fourth-order valence-corrected chi connectivity index (χ4v) is 8.02. The highest BCUT2D eigenvalue weighted by Crippen LogP contribution is 2.34. The lowest BCUT2D eigenvalue weighted by Crippen LogP contribution is -2.53. The van der Waals surface area contributed by atoms with Crippen molar-refractivity contribution in [1.82, 2.24) is 19.9 Å². The van der Waals surface area contributed by atoms with Gasteiger partial charge in [-0.3, -0.25) is 9.78 Å². The van der Waals surface area contributed by atoms with Gasteiger partial charge in [-0.15, -0.1) is 13.2 Å². The number of aromatic nitrogens is 1. The zero-order valence-corrected chi connectivity index (χ0v) is 29.8. The molecule has 0 saturated carbocycles. The second kappa shape index (κ2) is 17.4. The van der Waals surface area contributed by atoms with E-state index in [1.807, 2.05) is 0 Å². The van der Waals surface area contributed by atoms with Crippen LogP contribution in [0.15, 0.2) is 96.2 Å². The summed E-state index contributed by atoms with van der Waals surface area (Å²) in [6.07, 6.45) is -3.07. The third-order valence-corrected chi connectivity index (χ3v) is 10.8. The number of piperazine rings is 1. The van der Waals surface area contributed by atoms with Gasteiger partial charge < -0.3 is 25.4 Å². The molecule has 1 aliphatic rings. The van der Waals surface area contributed by atoms with E-state index in [-0.39, 0.29) is 34.7 Å². The van der Waals surface area contributed by atoms with E-state index in [0.29, 0.717) is 36.5 Å². The van der Waals surface area contributed by atoms with Gasteiger partial charge in [-0.1, -0.05) is 54.1 Å². The first-order valence-electron chi connectivity index (χ1n) is 16.4. The Hall–Kier alpha value is -4.77. The fourth-order valence-electron chi connectivity index (χ4n) is 6.22. The Morgan fingerprint density at radius 1 is 1.04 bits per heavy atom. The quantitative estimate of drug-likeness (QED) is 0.136. The Labute approximate surface area is 308 Å². The molecule has 1 saturated heterocycles. The Morgan fingerprint density at radius 3 is 2.47 bits per heavy atom. The summed E-state index contributed by atoms with van der Waals surface area (Å²) in [4.78, 5) is 30.8. The molecule has 1 aliphatic heterocycles. The van der Waals surface area contributed by atoms with Crippen LogP contribution in [0.3, 0.4) is 0 Å². The maximum Gasteiger partial charge on any atom is 0.573 e. The van der Waals surface area contributed by atoms with Crippen molar-refractivity contribution in [3.05, 3.63) is 119 Å². The molecule has 5 rings (SSSR count). The lowest BCUT2D eigenvalue weighted by Gasteiger charge is -2.35. The monoisotopic (exact) mass is 777 g/mol. The van der Waals surface area contributed by atoms with E-state index in [1.165, 1.54) is 46.9 Å². The van der Waals surface area contributed by atoms with Crippen LogP contribution in [0.4, 0.5) is 28.0 Å². The summed E-state index contributed by atoms with van der Waals surface area (Å²) in [6.45, 7) is 1.10. The van der Waals surface area contributed by atoms with E-state index >= 15 is 4.39 Å². The van der Waals surface area contributed by atoms with Gasteiger partial charge in [0.2, 0.25) is 15.9 Å². The maximum absolute atomic E-state index is 15.4. The number of nitrogens with zero attached hydrogens (tertiary/aromatic N) is 2. The van der Waals surface area contributed by atoms with Gasteiger partial charge in [0, 0.05) is 42.2 Å². The summed E-state index contributed by atoms with van der Waals surface area (Å²) < 4.78 is 92.1. The molecule has 2 amide bonds. The molecule has 0 bridgehead atoms. The van der Waals surface area contributed by atoms with Crippen molar-refractivity contribution in [2.24, 2.45) is 0 Å². The molecule has 3 N–H and O–H groups in total. The van der Waals surface area contributed by atoms with Gasteiger partial charge in [-0.2, -0.15) is 4.31 Å². The first-order valence-corrected chi connectivity index (χ1v) is 18.2. The highest BCUT2D eigenvalue weighted by atomic mass is 35.5. The van der Waals surface area contributed by atoms with E-state index in [9.17, 15) is 31.2 Å². The molecule has 1 fully saturated rings. The number of ether oxygens (including phenoxy) is 2. The average Bonchev–Trinajstić information content (AvgIpc) is 3.13. The molecular weight excluding hydrogens is 742 g/mol. The number of anilines is 1. The van der Waals surface area contributed by atoms with Crippen molar-refractivity contribution in [3.8, 4) is 5.75 Å². The number of hydrogen-bond donors (Lipinski definition) is 3. The number of benzene rings is 3. The minimum atomic E-state index is -5.00. The highest BCUT2D eigenvalue weighted by Gasteiger charge is 2.36. The summed E-state index contributed by atoms with van der Waals surface area (Å²) in [7, 11) is -2.72. The molecule has 17 heteroatoms. The zero-order chi connectivity index (χ0) is 38.2. The number of amides is 2.